The maximum absolute atomic E-state index is 12.5. The van der Waals surface area contributed by atoms with Crippen molar-refractivity contribution in [3.05, 3.63) is 29.3 Å². The first kappa shape index (κ1) is 13.8. The van der Waals surface area contributed by atoms with Gasteiger partial charge in [0.2, 0.25) is 11.8 Å². The molecule has 3 rings (SSSR count). The molecule has 4 heteroatoms. The van der Waals surface area contributed by atoms with Crippen molar-refractivity contribution >= 4 is 17.5 Å². The van der Waals surface area contributed by atoms with Crippen LogP contribution in [0.4, 0.5) is 5.69 Å². The quantitative estimate of drug-likeness (QED) is 0.627. The van der Waals surface area contributed by atoms with Crippen LogP contribution in [0.15, 0.2) is 18.2 Å². The summed E-state index contributed by atoms with van der Waals surface area (Å²) in [6.07, 6.45) is 0. The molecule has 0 spiro atoms. The topological polar surface area (TPSA) is 57.6 Å². The Bertz CT molecular complexity index is 684. The van der Waals surface area contributed by atoms with Crippen LogP contribution >= 0.6 is 0 Å². The van der Waals surface area contributed by atoms with Crippen LogP contribution in [-0.2, 0) is 9.59 Å². The normalized spacial score (nSPS) is 25.4. The second-order valence-corrected chi connectivity index (χ2v) is 6.27. The second kappa shape index (κ2) is 4.44. The number of carbonyl (C=O) groups is 2. The second-order valence-electron chi connectivity index (χ2n) is 6.27. The van der Waals surface area contributed by atoms with Crippen LogP contribution in [0.2, 0.25) is 0 Å². The maximum Gasteiger partial charge on any atom is 0.238 e. The molecule has 108 valence electrons. The third-order valence-electron chi connectivity index (χ3n) is 4.50. The number of amides is 2. The number of hydrogen-bond donors (Lipinski definition) is 1. The Morgan fingerprint density at radius 1 is 1.24 bits per heavy atom. The molecule has 2 unspecified atom stereocenters. The summed E-state index contributed by atoms with van der Waals surface area (Å²) in [7, 11) is 0. The number of fused-ring (bicyclic) bond motifs is 1. The molecule has 0 aromatic heterocycles. The van der Waals surface area contributed by atoms with Crippen LogP contribution < -0.4 is 4.90 Å². The van der Waals surface area contributed by atoms with E-state index in [1.807, 2.05) is 26.8 Å². The fourth-order valence-electron chi connectivity index (χ4n) is 3.25. The number of aryl methyl sites for hydroxylation is 1. The van der Waals surface area contributed by atoms with Crippen molar-refractivity contribution in [3.63, 3.8) is 0 Å². The first-order valence-corrected chi connectivity index (χ1v) is 6.97. The van der Waals surface area contributed by atoms with Gasteiger partial charge in [-0.05, 0) is 30.0 Å². The fourth-order valence-corrected chi connectivity index (χ4v) is 3.25. The van der Waals surface area contributed by atoms with Crippen LogP contribution in [0.1, 0.15) is 25.0 Å². The SMILES string of the molecule is Cc1ccc(C#CCO)c(N2C(=O)C3C(C2=O)C3(C)C)c1. The molecule has 2 fully saturated rings. The van der Waals surface area contributed by atoms with Gasteiger partial charge in [-0.2, -0.15) is 0 Å². The van der Waals surface area contributed by atoms with Crippen molar-refractivity contribution in [1.29, 1.82) is 0 Å². The van der Waals surface area contributed by atoms with E-state index in [2.05, 4.69) is 11.8 Å². The predicted molar refractivity (Wildman–Crippen MR) is 78.4 cm³/mol. The Labute approximate surface area is 123 Å². The molecule has 1 saturated carbocycles. The summed E-state index contributed by atoms with van der Waals surface area (Å²) in [5, 5.41) is 8.84. The van der Waals surface area contributed by atoms with Gasteiger partial charge in [0, 0.05) is 5.56 Å². The Morgan fingerprint density at radius 2 is 1.86 bits per heavy atom. The van der Waals surface area contributed by atoms with Crippen LogP contribution in [0.3, 0.4) is 0 Å². The zero-order valence-electron chi connectivity index (χ0n) is 12.3. The smallest absolute Gasteiger partial charge is 0.238 e. The van der Waals surface area contributed by atoms with Crippen LogP contribution in [-0.4, -0.2) is 23.5 Å². The number of nitrogens with zero attached hydrogens (tertiary/aromatic N) is 1. The van der Waals surface area contributed by atoms with Gasteiger partial charge in [-0.15, -0.1) is 0 Å². The predicted octanol–water partition coefficient (Wildman–Crippen LogP) is 1.48. The van der Waals surface area contributed by atoms with E-state index in [-0.39, 0.29) is 35.7 Å². The monoisotopic (exact) mass is 283 g/mol. The molecule has 1 aromatic rings. The lowest BCUT2D eigenvalue weighted by molar-refractivity contribution is -0.125. The van der Waals surface area contributed by atoms with Crippen molar-refractivity contribution < 1.29 is 14.7 Å². The minimum absolute atomic E-state index is 0.132. The maximum atomic E-state index is 12.5. The largest absolute Gasteiger partial charge is 0.384 e. The van der Waals surface area contributed by atoms with E-state index in [0.29, 0.717) is 11.3 Å². The van der Waals surface area contributed by atoms with Gasteiger partial charge in [-0.3, -0.25) is 9.59 Å². The minimum Gasteiger partial charge on any atom is -0.384 e. The molecule has 1 aromatic carbocycles. The van der Waals surface area contributed by atoms with Gasteiger partial charge >= 0.3 is 0 Å². The van der Waals surface area contributed by atoms with Crippen LogP contribution in [0.5, 0.6) is 0 Å². The number of rotatable bonds is 1. The van der Waals surface area contributed by atoms with Crippen molar-refractivity contribution in [2.75, 3.05) is 11.5 Å². The number of carbonyl (C=O) groups excluding carboxylic acids is 2. The highest BCUT2D eigenvalue weighted by molar-refractivity contribution is 6.26. The summed E-state index contributed by atoms with van der Waals surface area (Å²) in [5.74, 6) is 4.71. The molecule has 21 heavy (non-hydrogen) atoms. The van der Waals surface area contributed by atoms with Crippen molar-refractivity contribution in [3.8, 4) is 11.8 Å². The zero-order chi connectivity index (χ0) is 15.4. The van der Waals surface area contributed by atoms with E-state index >= 15 is 0 Å². The number of hydrogen-bond acceptors (Lipinski definition) is 3. The first-order valence-electron chi connectivity index (χ1n) is 6.97. The number of aliphatic hydroxyl groups excluding tert-OH is 1. The number of aliphatic hydroxyl groups is 1. The zero-order valence-corrected chi connectivity index (χ0v) is 12.3. The highest BCUT2D eigenvalue weighted by Crippen LogP contribution is 2.63. The molecule has 0 bridgehead atoms. The van der Waals surface area contributed by atoms with Gasteiger partial charge in [0.15, 0.2) is 0 Å². The van der Waals surface area contributed by atoms with Crippen molar-refractivity contribution in [1.82, 2.24) is 0 Å². The average molecular weight is 283 g/mol. The summed E-state index contributed by atoms with van der Waals surface area (Å²) in [6, 6.07) is 5.46. The summed E-state index contributed by atoms with van der Waals surface area (Å²) >= 11 is 0. The molecular weight excluding hydrogens is 266 g/mol. The van der Waals surface area contributed by atoms with Crippen LogP contribution in [0, 0.1) is 36.0 Å². The molecule has 1 N–H and O–H groups in total. The summed E-state index contributed by atoms with van der Waals surface area (Å²) < 4.78 is 0. The summed E-state index contributed by atoms with van der Waals surface area (Å²) in [6.45, 7) is 5.56. The molecular formula is C17H17NO3. The van der Waals surface area contributed by atoms with Gasteiger partial charge in [0.25, 0.3) is 0 Å². The minimum atomic E-state index is -0.256. The molecule has 2 aliphatic rings. The molecule has 1 saturated heterocycles. The Balaban J connectivity index is 2.04. The molecule has 0 radical (unpaired) electrons. The lowest BCUT2D eigenvalue weighted by atomic mass is 10.0. The first-order chi connectivity index (χ1) is 9.89. The van der Waals surface area contributed by atoms with Gasteiger partial charge in [0.1, 0.15) is 6.61 Å². The lowest BCUT2D eigenvalue weighted by Crippen LogP contribution is -2.36. The molecule has 1 aliphatic heterocycles. The standard InChI is InChI=1S/C17H17NO3/c1-10-6-7-11(5-4-8-19)12(9-10)18-15(20)13-14(16(18)21)17(13,2)3/h6-7,9,13-14,19H,8H2,1-3H3. The highest BCUT2D eigenvalue weighted by atomic mass is 16.2. The van der Waals surface area contributed by atoms with Gasteiger partial charge in [-0.25, -0.2) is 4.90 Å². The molecule has 4 nitrogen and oxygen atoms in total. The Morgan fingerprint density at radius 3 is 2.43 bits per heavy atom. The average Bonchev–Trinajstić information content (AvgIpc) is 2.88. The van der Waals surface area contributed by atoms with Crippen molar-refractivity contribution in [2.45, 2.75) is 20.8 Å². The number of piperidine rings is 1. The number of imide groups is 1. The van der Waals surface area contributed by atoms with Crippen LogP contribution in [0.25, 0.3) is 0 Å². The van der Waals surface area contributed by atoms with Crippen molar-refractivity contribution in [2.24, 2.45) is 17.3 Å². The molecule has 1 heterocycles. The highest BCUT2D eigenvalue weighted by Gasteiger charge is 2.72. The van der Waals surface area contributed by atoms with Gasteiger partial charge in [0.05, 0.1) is 17.5 Å². The molecule has 2 amide bonds. The fraction of sp³-hybridized carbons (Fsp3) is 0.412. The van der Waals surface area contributed by atoms with Gasteiger partial charge < -0.3 is 5.11 Å². The third kappa shape index (κ3) is 1.89. The van der Waals surface area contributed by atoms with E-state index in [4.69, 9.17) is 5.11 Å². The van der Waals surface area contributed by atoms with E-state index in [9.17, 15) is 9.59 Å². The lowest BCUT2D eigenvalue weighted by Gasteiger charge is -2.22. The van der Waals surface area contributed by atoms with E-state index in [0.717, 1.165) is 5.56 Å². The summed E-state index contributed by atoms with van der Waals surface area (Å²) in [4.78, 5) is 26.3. The number of benzene rings is 1. The molecule has 2 atom stereocenters. The van der Waals surface area contributed by atoms with E-state index in [1.54, 1.807) is 12.1 Å². The van der Waals surface area contributed by atoms with Gasteiger partial charge in [-0.1, -0.05) is 31.8 Å². The Hall–Kier alpha value is -2.12. The third-order valence-corrected chi connectivity index (χ3v) is 4.50. The Kier molecular flexibility index (Phi) is 2.93. The number of anilines is 1. The molecule has 1 aliphatic carbocycles. The van der Waals surface area contributed by atoms with E-state index in [1.165, 1.54) is 4.90 Å². The summed E-state index contributed by atoms with van der Waals surface area (Å²) in [5.41, 5.74) is 1.87. The van der Waals surface area contributed by atoms with E-state index < -0.39 is 0 Å².